The van der Waals surface area contributed by atoms with Gasteiger partial charge in [-0.2, -0.15) is 0 Å². The van der Waals surface area contributed by atoms with Crippen LogP contribution in [0.2, 0.25) is 0 Å². The first kappa shape index (κ1) is 17.9. The minimum Gasteiger partial charge on any atom is -0.0961 e. The van der Waals surface area contributed by atoms with Crippen molar-refractivity contribution in [2.75, 3.05) is 0 Å². The Labute approximate surface area is 158 Å². The average molecular weight is 378 g/mol. The van der Waals surface area contributed by atoms with E-state index in [1.165, 1.54) is 27.8 Å². The van der Waals surface area contributed by atoms with Crippen LogP contribution in [0, 0.1) is 0 Å². The summed E-state index contributed by atoms with van der Waals surface area (Å²) in [4.78, 5) is 0. The summed E-state index contributed by atoms with van der Waals surface area (Å²) in [6.07, 6.45) is 7.88. The van der Waals surface area contributed by atoms with Crippen LogP contribution < -0.4 is 0 Å². The Morgan fingerprint density at radius 2 is 1.83 bits per heavy atom. The number of hydrogen-bond acceptors (Lipinski definition) is 0. The van der Waals surface area contributed by atoms with Crippen molar-refractivity contribution < 1.29 is 26.2 Å². The van der Waals surface area contributed by atoms with Crippen molar-refractivity contribution in [2.24, 2.45) is 0 Å². The van der Waals surface area contributed by atoms with Crippen LogP contribution in [0.3, 0.4) is 0 Å². The van der Waals surface area contributed by atoms with Gasteiger partial charge in [0.05, 0.1) is 0 Å². The molecule has 0 nitrogen and oxygen atoms in total. The predicted molar refractivity (Wildman–Crippen MR) is 96.8 cm³/mol. The largest absolute Gasteiger partial charge is 0.0961 e. The zero-order valence-electron chi connectivity index (χ0n) is 13.8. The standard InChI is InChI=1S/C22H22.Zr/c1-4-17-15-22-19(18-9-6-5-7-10-18)11-8-12-21(22)20(17)14-13-16(2)3;/h5-15,20H,2,4H2,1,3H3;. The third kappa shape index (κ3) is 3.73. The Balaban J connectivity index is 0.00000192. The number of rotatable bonds is 4. The molecule has 0 bridgehead atoms. The third-order valence-corrected chi connectivity index (χ3v) is 4.27. The van der Waals surface area contributed by atoms with E-state index in [-0.39, 0.29) is 26.2 Å². The molecule has 23 heavy (non-hydrogen) atoms. The Hall–Kier alpha value is -1.46. The molecule has 0 N–H and O–H groups in total. The Kier molecular flexibility index (Phi) is 6.13. The van der Waals surface area contributed by atoms with Crippen LogP contribution in [-0.4, -0.2) is 0 Å². The summed E-state index contributed by atoms with van der Waals surface area (Å²) >= 11 is 0. The molecule has 0 aromatic heterocycles. The molecule has 0 saturated heterocycles. The van der Waals surface area contributed by atoms with Gasteiger partial charge in [0.2, 0.25) is 0 Å². The van der Waals surface area contributed by atoms with E-state index in [9.17, 15) is 0 Å². The topological polar surface area (TPSA) is 0 Å². The smallest absolute Gasteiger partial charge is 0.0240 e. The minimum atomic E-state index is 0. The van der Waals surface area contributed by atoms with E-state index >= 15 is 0 Å². The van der Waals surface area contributed by atoms with E-state index in [1.54, 1.807) is 0 Å². The molecule has 1 unspecified atom stereocenters. The molecule has 0 spiro atoms. The van der Waals surface area contributed by atoms with Crippen LogP contribution in [-0.2, 0) is 26.2 Å². The maximum absolute atomic E-state index is 3.98. The second-order valence-corrected chi connectivity index (χ2v) is 5.93. The molecule has 2 aromatic carbocycles. The van der Waals surface area contributed by atoms with E-state index in [0.29, 0.717) is 5.92 Å². The van der Waals surface area contributed by atoms with E-state index in [2.05, 4.69) is 80.3 Å². The van der Waals surface area contributed by atoms with Crippen molar-refractivity contribution in [1.29, 1.82) is 0 Å². The molecule has 1 atom stereocenters. The van der Waals surface area contributed by atoms with Gasteiger partial charge < -0.3 is 0 Å². The third-order valence-electron chi connectivity index (χ3n) is 4.27. The van der Waals surface area contributed by atoms with Gasteiger partial charge in [-0.1, -0.05) is 91.4 Å². The maximum Gasteiger partial charge on any atom is 0.0240 e. The first-order valence-corrected chi connectivity index (χ1v) is 7.93. The molecule has 1 heteroatoms. The van der Waals surface area contributed by atoms with Crippen molar-refractivity contribution in [3.63, 3.8) is 0 Å². The molecule has 0 saturated carbocycles. The molecule has 1 aliphatic carbocycles. The SMILES string of the molecule is C=C(C)C=CC1C(CC)=Cc2c(-c3ccccc3)cccc21.[Zr]. The van der Waals surface area contributed by atoms with Crippen LogP contribution in [0.4, 0.5) is 0 Å². The van der Waals surface area contributed by atoms with Crippen molar-refractivity contribution in [1.82, 2.24) is 0 Å². The van der Waals surface area contributed by atoms with Gasteiger partial charge in [-0.05, 0) is 35.6 Å². The first-order valence-electron chi connectivity index (χ1n) is 7.93. The zero-order chi connectivity index (χ0) is 15.5. The summed E-state index contributed by atoms with van der Waals surface area (Å²) in [7, 11) is 0. The van der Waals surface area contributed by atoms with E-state index in [4.69, 9.17) is 0 Å². The van der Waals surface area contributed by atoms with E-state index in [1.807, 2.05) is 6.92 Å². The monoisotopic (exact) mass is 376 g/mol. The van der Waals surface area contributed by atoms with Crippen molar-refractivity contribution in [3.8, 4) is 11.1 Å². The number of hydrogen-bond donors (Lipinski definition) is 0. The maximum atomic E-state index is 3.98. The molecule has 0 radical (unpaired) electrons. The van der Waals surface area contributed by atoms with Gasteiger partial charge in [0.1, 0.15) is 0 Å². The van der Waals surface area contributed by atoms with Gasteiger partial charge in [0.25, 0.3) is 0 Å². The summed E-state index contributed by atoms with van der Waals surface area (Å²) < 4.78 is 0. The van der Waals surface area contributed by atoms with Gasteiger partial charge in [-0.25, -0.2) is 0 Å². The molecule has 1 aliphatic rings. The Bertz CT molecular complexity index is 751. The molecule has 3 rings (SSSR count). The van der Waals surface area contributed by atoms with Gasteiger partial charge in [0.15, 0.2) is 0 Å². The second-order valence-electron chi connectivity index (χ2n) is 5.93. The van der Waals surface area contributed by atoms with Gasteiger partial charge in [0, 0.05) is 32.1 Å². The van der Waals surface area contributed by atoms with Gasteiger partial charge >= 0.3 is 0 Å². The van der Waals surface area contributed by atoms with Crippen LogP contribution >= 0.6 is 0 Å². The number of benzene rings is 2. The van der Waals surface area contributed by atoms with E-state index in [0.717, 1.165) is 12.0 Å². The quantitative estimate of drug-likeness (QED) is 0.543. The van der Waals surface area contributed by atoms with Crippen molar-refractivity contribution in [3.05, 3.63) is 89.5 Å². The van der Waals surface area contributed by atoms with E-state index < -0.39 is 0 Å². The van der Waals surface area contributed by atoms with Crippen LogP contribution in [0.5, 0.6) is 0 Å². The van der Waals surface area contributed by atoms with Crippen molar-refractivity contribution in [2.45, 2.75) is 26.2 Å². The molecule has 114 valence electrons. The summed E-state index contributed by atoms with van der Waals surface area (Å²) in [5.41, 5.74) is 7.99. The number of fused-ring (bicyclic) bond motifs is 1. The first-order chi connectivity index (χ1) is 10.7. The zero-order valence-corrected chi connectivity index (χ0v) is 16.3. The predicted octanol–water partition coefficient (Wildman–Crippen LogP) is 6.37. The second kappa shape index (κ2) is 7.89. The fourth-order valence-corrected chi connectivity index (χ4v) is 3.17. The molecule has 2 aromatic rings. The normalized spacial score (nSPS) is 15.9. The number of allylic oxidation sites excluding steroid dienone is 4. The average Bonchev–Trinajstić information content (AvgIpc) is 2.91. The van der Waals surface area contributed by atoms with Crippen LogP contribution in [0.15, 0.2) is 78.4 Å². The van der Waals surface area contributed by atoms with Crippen molar-refractivity contribution >= 4 is 6.08 Å². The molecule has 0 amide bonds. The fourth-order valence-electron chi connectivity index (χ4n) is 3.17. The Morgan fingerprint density at radius 1 is 1.09 bits per heavy atom. The summed E-state index contributed by atoms with van der Waals surface area (Å²) in [6, 6.07) is 17.3. The Morgan fingerprint density at radius 3 is 2.48 bits per heavy atom. The molecule has 0 aliphatic heterocycles. The van der Waals surface area contributed by atoms with Crippen LogP contribution in [0.25, 0.3) is 17.2 Å². The molecule has 0 fully saturated rings. The summed E-state index contributed by atoms with van der Waals surface area (Å²) in [5.74, 6) is 0.389. The molecule has 0 heterocycles. The van der Waals surface area contributed by atoms with Gasteiger partial charge in [-0.15, -0.1) is 0 Å². The fraction of sp³-hybridized carbons (Fsp3) is 0.182. The summed E-state index contributed by atoms with van der Waals surface area (Å²) in [6.45, 7) is 8.26. The minimum absolute atomic E-state index is 0. The summed E-state index contributed by atoms with van der Waals surface area (Å²) in [5, 5.41) is 0. The molecular weight excluding hydrogens is 355 g/mol. The van der Waals surface area contributed by atoms with Gasteiger partial charge in [-0.3, -0.25) is 0 Å². The molecular formula is C22H22Zr. The van der Waals surface area contributed by atoms with Crippen LogP contribution in [0.1, 0.15) is 37.3 Å².